The van der Waals surface area contributed by atoms with Crippen molar-refractivity contribution in [2.24, 2.45) is 28.6 Å². The van der Waals surface area contributed by atoms with E-state index >= 15 is 0 Å². The maximum atomic E-state index is 12.1. The molecule has 23 heavy (non-hydrogen) atoms. The van der Waals surface area contributed by atoms with E-state index in [0.29, 0.717) is 17.3 Å². The van der Waals surface area contributed by atoms with E-state index in [0.717, 1.165) is 50.0 Å². The van der Waals surface area contributed by atoms with Gasteiger partial charge in [-0.1, -0.05) is 31.6 Å². The lowest BCUT2D eigenvalue weighted by Gasteiger charge is -2.57. The van der Waals surface area contributed by atoms with Crippen molar-refractivity contribution >= 4 is 5.78 Å². The lowest BCUT2D eigenvalue weighted by atomic mass is 9.47. The minimum atomic E-state index is -0.128. The fraction of sp³-hybridized carbons (Fsp3) is 0.762. The standard InChI is InChI=1S/C21H30O2/c1-13(22)17-6-7-18-16-5-4-14-12-15(23)8-10-20(14,2)19(16)9-11-21(17,18)3/h4,6,15-16,18-19,23H,5,7-12H2,1-3H3/t15-,16+,18-,19-,20+,21-/m1/s1. The van der Waals surface area contributed by atoms with Crippen LogP contribution in [-0.4, -0.2) is 17.0 Å². The summed E-state index contributed by atoms with van der Waals surface area (Å²) in [4.78, 5) is 12.1. The lowest BCUT2D eigenvalue weighted by Crippen LogP contribution is -2.50. The summed E-state index contributed by atoms with van der Waals surface area (Å²) < 4.78 is 0. The Morgan fingerprint density at radius 1 is 1.09 bits per heavy atom. The normalized spacial score (nSPS) is 48.7. The summed E-state index contributed by atoms with van der Waals surface area (Å²) in [7, 11) is 0. The molecule has 0 spiro atoms. The Balaban J connectivity index is 1.67. The van der Waals surface area contributed by atoms with Crippen molar-refractivity contribution in [3.8, 4) is 0 Å². The molecule has 0 radical (unpaired) electrons. The van der Waals surface area contributed by atoms with E-state index < -0.39 is 0 Å². The van der Waals surface area contributed by atoms with Crippen LogP contribution in [0, 0.1) is 28.6 Å². The molecule has 0 unspecified atom stereocenters. The largest absolute Gasteiger partial charge is 0.393 e. The molecule has 2 fully saturated rings. The van der Waals surface area contributed by atoms with Crippen molar-refractivity contribution < 1.29 is 9.90 Å². The summed E-state index contributed by atoms with van der Waals surface area (Å²) in [5, 5.41) is 10.1. The third-order valence-electron chi connectivity index (χ3n) is 8.04. The van der Waals surface area contributed by atoms with E-state index in [4.69, 9.17) is 0 Å². The molecule has 126 valence electrons. The first-order chi connectivity index (χ1) is 10.9. The number of carbonyl (C=O) groups excluding carboxylic acids is 1. The van der Waals surface area contributed by atoms with Crippen molar-refractivity contribution in [1.82, 2.24) is 0 Å². The molecular weight excluding hydrogens is 284 g/mol. The van der Waals surface area contributed by atoms with Crippen LogP contribution in [0.3, 0.4) is 0 Å². The van der Waals surface area contributed by atoms with Gasteiger partial charge in [0.1, 0.15) is 0 Å². The number of fused-ring (bicyclic) bond motifs is 5. The van der Waals surface area contributed by atoms with Gasteiger partial charge in [0.15, 0.2) is 5.78 Å². The van der Waals surface area contributed by atoms with Crippen LogP contribution in [0.1, 0.15) is 65.7 Å². The predicted molar refractivity (Wildman–Crippen MR) is 91.9 cm³/mol. The third kappa shape index (κ3) is 2.06. The van der Waals surface area contributed by atoms with Crippen molar-refractivity contribution in [1.29, 1.82) is 0 Å². The summed E-state index contributed by atoms with van der Waals surface area (Å²) in [5.74, 6) is 2.38. The molecule has 0 amide bonds. The Hall–Kier alpha value is -0.890. The third-order valence-corrected chi connectivity index (χ3v) is 8.04. The maximum absolute atomic E-state index is 12.1. The van der Waals surface area contributed by atoms with Gasteiger partial charge in [0, 0.05) is 0 Å². The van der Waals surface area contributed by atoms with Crippen LogP contribution in [-0.2, 0) is 4.79 Å². The number of aliphatic hydroxyl groups excluding tert-OH is 1. The van der Waals surface area contributed by atoms with Crippen LogP contribution in [0.5, 0.6) is 0 Å². The number of Topliss-reactive ketones (excluding diaryl/α,β-unsaturated/α-hetero) is 1. The molecule has 2 heteroatoms. The minimum Gasteiger partial charge on any atom is -0.393 e. The Morgan fingerprint density at radius 2 is 1.83 bits per heavy atom. The van der Waals surface area contributed by atoms with Crippen molar-refractivity contribution in [3.63, 3.8) is 0 Å². The second-order valence-electron chi connectivity index (χ2n) is 9.02. The van der Waals surface area contributed by atoms with Crippen LogP contribution in [0.4, 0.5) is 0 Å². The number of ketones is 1. The van der Waals surface area contributed by atoms with E-state index in [9.17, 15) is 9.90 Å². The van der Waals surface area contributed by atoms with Crippen molar-refractivity contribution in [3.05, 3.63) is 23.3 Å². The minimum absolute atomic E-state index is 0.114. The van der Waals surface area contributed by atoms with Gasteiger partial charge >= 0.3 is 0 Å². The van der Waals surface area contributed by atoms with E-state index in [1.54, 1.807) is 6.92 Å². The molecule has 2 nitrogen and oxygen atoms in total. The molecule has 2 saturated carbocycles. The van der Waals surface area contributed by atoms with Gasteiger partial charge in [-0.3, -0.25) is 4.79 Å². The molecule has 4 aliphatic rings. The Bertz CT molecular complexity index is 601. The highest BCUT2D eigenvalue weighted by Crippen LogP contribution is 2.64. The molecule has 6 atom stereocenters. The lowest BCUT2D eigenvalue weighted by molar-refractivity contribution is -0.115. The molecule has 0 aromatic rings. The van der Waals surface area contributed by atoms with Gasteiger partial charge in [-0.15, -0.1) is 0 Å². The van der Waals surface area contributed by atoms with Crippen molar-refractivity contribution in [2.75, 3.05) is 0 Å². The fourth-order valence-corrected chi connectivity index (χ4v) is 6.75. The smallest absolute Gasteiger partial charge is 0.156 e. The van der Waals surface area contributed by atoms with Crippen LogP contribution in [0.2, 0.25) is 0 Å². The first-order valence-electron chi connectivity index (χ1n) is 9.45. The second-order valence-corrected chi connectivity index (χ2v) is 9.02. The summed E-state index contributed by atoms with van der Waals surface area (Å²) in [6.45, 7) is 6.55. The van der Waals surface area contributed by atoms with E-state index in [1.807, 2.05) is 0 Å². The Labute approximate surface area is 140 Å². The van der Waals surface area contributed by atoms with E-state index in [2.05, 4.69) is 26.0 Å². The van der Waals surface area contributed by atoms with Crippen molar-refractivity contribution in [2.45, 2.75) is 71.8 Å². The second kappa shape index (κ2) is 5.05. The summed E-state index contributed by atoms with van der Waals surface area (Å²) in [6.07, 6.45) is 12.2. The summed E-state index contributed by atoms with van der Waals surface area (Å²) in [6, 6.07) is 0. The SMILES string of the molecule is CC(=O)C1=CC[C@@H]2[C@@H]3CC=C4C[C@H](O)CC[C@]4(C)[C@@H]3CC[C@]12C. The molecular formula is C21H30O2. The molecule has 0 aliphatic heterocycles. The quantitative estimate of drug-likeness (QED) is 0.727. The number of rotatable bonds is 1. The first kappa shape index (κ1) is 15.6. The number of allylic oxidation sites excluding steroid dienone is 3. The number of hydrogen-bond acceptors (Lipinski definition) is 2. The molecule has 1 N–H and O–H groups in total. The molecule has 0 aromatic heterocycles. The molecule has 4 aliphatic carbocycles. The molecule has 0 saturated heterocycles. The fourth-order valence-electron chi connectivity index (χ4n) is 6.75. The average Bonchev–Trinajstić information content (AvgIpc) is 2.85. The van der Waals surface area contributed by atoms with E-state index in [-0.39, 0.29) is 17.3 Å². The zero-order valence-corrected chi connectivity index (χ0v) is 14.8. The van der Waals surface area contributed by atoms with Gasteiger partial charge < -0.3 is 5.11 Å². The molecule has 4 rings (SSSR count). The highest BCUT2D eigenvalue weighted by atomic mass is 16.3. The van der Waals surface area contributed by atoms with Crippen LogP contribution in [0.25, 0.3) is 0 Å². The Morgan fingerprint density at radius 3 is 2.57 bits per heavy atom. The highest BCUT2D eigenvalue weighted by molar-refractivity contribution is 5.95. The zero-order chi connectivity index (χ0) is 16.4. The number of carbonyl (C=O) groups is 1. The zero-order valence-electron chi connectivity index (χ0n) is 14.8. The number of aliphatic hydroxyl groups is 1. The van der Waals surface area contributed by atoms with Gasteiger partial charge in [0.2, 0.25) is 0 Å². The first-order valence-corrected chi connectivity index (χ1v) is 9.45. The predicted octanol–water partition coefficient (Wildman–Crippen LogP) is 4.44. The topological polar surface area (TPSA) is 37.3 Å². The van der Waals surface area contributed by atoms with Crippen LogP contribution >= 0.6 is 0 Å². The van der Waals surface area contributed by atoms with Crippen LogP contribution in [0.15, 0.2) is 23.3 Å². The van der Waals surface area contributed by atoms with Gasteiger partial charge in [0.25, 0.3) is 0 Å². The molecule has 0 bridgehead atoms. The van der Waals surface area contributed by atoms with Gasteiger partial charge in [0.05, 0.1) is 6.10 Å². The van der Waals surface area contributed by atoms with Gasteiger partial charge in [-0.05, 0) is 86.0 Å². The summed E-state index contributed by atoms with van der Waals surface area (Å²) >= 11 is 0. The van der Waals surface area contributed by atoms with Gasteiger partial charge in [-0.2, -0.15) is 0 Å². The van der Waals surface area contributed by atoms with E-state index in [1.165, 1.54) is 12.0 Å². The molecule has 0 aromatic carbocycles. The highest BCUT2D eigenvalue weighted by Gasteiger charge is 2.57. The average molecular weight is 314 g/mol. The Kier molecular flexibility index (Phi) is 3.43. The van der Waals surface area contributed by atoms with Gasteiger partial charge in [-0.25, -0.2) is 0 Å². The number of hydrogen-bond donors (Lipinski definition) is 1. The monoisotopic (exact) mass is 314 g/mol. The van der Waals surface area contributed by atoms with Crippen LogP contribution < -0.4 is 0 Å². The summed E-state index contributed by atoms with van der Waals surface area (Å²) in [5.41, 5.74) is 3.05. The molecule has 0 heterocycles. The maximum Gasteiger partial charge on any atom is 0.156 e.